The standard InChI is InChI=1S/C19H13N3O3S/c23-19-14-3-1-2-4-15(14)20-10-22(19)8-13-9-26-18(21-13)12-5-6-16-17(7-12)25-11-24-16/h1-7,9-10H,8,11H2. The van der Waals surface area contributed by atoms with Crippen LogP contribution in [0.1, 0.15) is 5.69 Å². The monoisotopic (exact) mass is 363 g/mol. The minimum absolute atomic E-state index is 0.0618. The van der Waals surface area contributed by atoms with Gasteiger partial charge in [-0.1, -0.05) is 12.1 Å². The van der Waals surface area contributed by atoms with Gasteiger partial charge < -0.3 is 9.47 Å². The summed E-state index contributed by atoms with van der Waals surface area (Å²) < 4.78 is 12.3. The molecule has 26 heavy (non-hydrogen) atoms. The Morgan fingerprint density at radius 3 is 2.96 bits per heavy atom. The quantitative estimate of drug-likeness (QED) is 0.559. The fourth-order valence-electron chi connectivity index (χ4n) is 2.94. The van der Waals surface area contributed by atoms with Crippen LogP contribution in [0.25, 0.3) is 21.5 Å². The summed E-state index contributed by atoms with van der Waals surface area (Å²) in [5.41, 5.74) is 2.43. The maximum atomic E-state index is 12.6. The van der Waals surface area contributed by atoms with Gasteiger partial charge in [0.25, 0.3) is 5.56 Å². The van der Waals surface area contributed by atoms with Crippen LogP contribution in [0, 0.1) is 0 Å². The highest BCUT2D eigenvalue weighted by Crippen LogP contribution is 2.36. The Morgan fingerprint density at radius 1 is 1.12 bits per heavy atom. The topological polar surface area (TPSA) is 66.2 Å². The number of aromatic nitrogens is 3. The summed E-state index contributed by atoms with van der Waals surface area (Å²) >= 11 is 1.53. The van der Waals surface area contributed by atoms with Gasteiger partial charge in [0.1, 0.15) is 5.01 Å². The normalized spacial score (nSPS) is 12.6. The summed E-state index contributed by atoms with van der Waals surface area (Å²) in [5.74, 6) is 1.48. The molecule has 0 radical (unpaired) electrons. The average Bonchev–Trinajstić information content (AvgIpc) is 3.33. The fraction of sp³-hybridized carbons (Fsp3) is 0.105. The number of nitrogens with zero attached hydrogens (tertiary/aromatic N) is 3. The third-order valence-electron chi connectivity index (χ3n) is 4.24. The van der Waals surface area contributed by atoms with Gasteiger partial charge in [-0.15, -0.1) is 11.3 Å². The van der Waals surface area contributed by atoms with E-state index >= 15 is 0 Å². The van der Waals surface area contributed by atoms with Crippen LogP contribution in [0.2, 0.25) is 0 Å². The predicted octanol–water partition coefficient (Wildman–Crippen LogP) is 3.30. The van der Waals surface area contributed by atoms with Crippen molar-refractivity contribution in [1.29, 1.82) is 0 Å². The Labute approximate surface area is 152 Å². The number of para-hydroxylation sites is 1. The minimum Gasteiger partial charge on any atom is -0.454 e. The van der Waals surface area contributed by atoms with Crippen LogP contribution < -0.4 is 15.0 Å². The number of fused-ring (bicyclic) bond motifs is 2. The number of benzene rings is 2. The van der Waals surface area contributed by atoms with Crippen molar-refractivity contribution < 1.29 is 9.47 Å². The Kier molecular flexibility index (Phi) is 3.46. The molecule has 0 atom stereocenters. The van der Waals surface area contributed by atoms with Gasteiger partial charge in [0.2, 0.25) is 6.79 Å². The lowest BCUT2D eigenvalue weighted by Crippen LogP contribution is -2.21. The van der Waals surface area contributed by atoms with E-state index in [4.69, 9.17) is 9.47 Å². The molecule has 0 bridgehead atoms. The molecule has 128 valence electrons. The number of thiazole rings is 1. The first-order valence-corrected chi connectivity index (χ1v) is 8.94. The Bertz CT molecular complexity index is 1180. The second kappa shape index (κ2) is 5.96. The summed E-state index contributed by atoms with van der Waals surface area (Å²) in [6.45, 7) is 0.636. The molecule has 0 spiro atoms. The van der Waals surface area contributed by atoms with Crippen LogP contribution in [-0.4, -0.2) is 21.3 Å². The Morgan fingerprint density at radius 2 is 2.00 bits per heavy atom. The van der Waals surface area contributed by atoms with Gasteiger partial charge in [-0.05, 0) is 30.3 Å². The van der Waals surface area contributed by atoms with Crippen LogP contribution >= 0.6 is 11.3 Å². The maximum absolute atomic E-state index is 12.6. The van der Waals surface area contributed by atoms with Gasteiger partial charge in [-0.2, -0.15) is 0 Å². The van der Waals surface area contributed by atoms with E-state index in [0.29, 0.717) is 17.4 Å². The van der Waals surface area contributed by atoms with E-state index in [2.05, 4.69) is 9.97 Å². The molecule has 1 aliphatic heterocycles. The SMILES string of the molecule is O=c1c2ccccc2ncn1Cc1csc(-c2ccc3c(c2)OCO3)n1. The lowest BCUT2D eigenvalue weighted by Gasteiger charge is -2.04. The molecule has 2 aromatic heterocycles. The Balaban J connectivity index is 1.46. The molecule has 0 N–H and O–H groups in total. The highest BCUT2D eigenvalue weighted by Gasteiger charge is 2.15. The van der Waals surface area contributed by atoms with Crippen LogP contribution in [-0.2, 0) is 6.54 Å². The smallest absolute Gasteiger partial charge is 0.261 e. The van der Waals surface area contributed by atoms with E-state index < -0.39 is 0 Å². The number of ether oxygens (including phenoxy) is 2. The molecular weight excluding hydrogens is 350 g/mol. The van der Waals surface area contributed by atoms with Crippen LogP contribution in [0.3, 0.4) is 0 Å². The minimum atomic E-state index is -0.0618. The van der Waals surface area contributed by atoms with Gasteiger partial charge in [0.05, 0.1) is 29.5 Å². The summed E-state index contributed by atoms with van der Waals surface area (Å²) in [5, 5.41) is 3.45. The summed E-state index contributed by atoms with van der Waals surface area (Å²) in [7, 11) is 0. The third-order valence-corrected chi connectivity index (χ3v) is 5.18. The van der Waals surface area contributed by atoms with Gasteiger partial charge in [0.15, 0.2) is 11.5 Å². The van der Waals surface area contributed by atoms with E-state index in [0.717, 1.165) is 27.8 Å². The molecule has 1 aliphatic rings. The van der Waals surface area contributed by atoms with Gasteiger partial charge in [0, 0.05) is 10.9 Å². The van der Waals surface area contributed by atoms with Crippen molar-refractivity contribution in [2.45, 2.75) is 6.54 Å². The second-order valence-corrected chi connectivity index (χ2v) is 6.76. The van der Waals surface area contributed by atoms with E-state index in [1.165, 1.54) is 11.3 Å². The summed E-state index contributed by atoms with van der Waals surface area (Å²) in [6.07, 6.45) is 1.57. The molecule has 0 amide bonds. The number of rotatable bonds is 3. The fourth-order valence-corrected chi connectivity index (χ4v) is 3.74. The zero-order chi connectivity index (χ0) is 17.5. The predicted molar refractivity (Wildman–Crippen MR) is 98.8 cm³/mol. The highest BCUT2D eigenvalue weighted by atomic mass is 32.1. The van der Waals surface area contributed by atoms with Crippen molar-refractivity contribution in [3.63, 3.8) is 0 Å². The molecule has 0 aliphatic carbocycles. The molecule has 0 saturated carbocycles. The number of hydrogen-bond donors (Lipinski definition) is 0. The largest absolute Gasteiger partial charge is 0.454 e. The second-order valence-electron chi connectivity index (χ2n) is 5.91. The van der Waals surface area contributed by atoms with Crippen LogP contribution in [0.5, 0.6) is 11.5 Å². The summed E-state index contributed by atoms with van der Waals surface area (Å²) in [6, 6.07) is 13.1. The molecule has 0 saturated heterocycles. The first-order chi connectivity index (χ1) is 12.8. The highest BCUT2D eigenvalue weighted by molar-refractivity contribution is 7.13. The number of hydrogen-bond acceptors (Lipinski definition) is 6. The molecule has 2 aromatic carbocycles. The van der Waals surface area contributed by atoms with E-state index in [-0.39, 0.29) is 12.4 Å². The first-order valence-electron chi connectivity index (χ1n) is 8.06. The zero-order valence-electron chi connectivity index (χ0n) is 13.6. The van der Waals surface area contributed by atoms with Crippen LogP contribution in [0.15, 0.2) is 59.0 Å². The van der Waals surface area contributed by atoms with Crippen molar-refractivity contribution in [3.8, 4) is 22.1 Å². The molecule has 6 nitrogen and oxygen atoms in total. The molecule has 4 aromatic rings. The van der Waals surface area contributed by atoms with Crippen molar-refractivity contribution in [3.05, 3.63) is 70.2 Å². The van der Waals surface area contributed by atoms with Crippen LogP contribution in [0.4, 0.5) is 0 Å². The molecule has 7 heteroatoms. The zero-order valence-corrected chi connectivity index (χ0v) is 14.4. The Hall–Kier alpha value is -3.19. The van der Waals surface area contributed by atoms with Crippen molar-refractivity contribution >= 4 is 22.2 Å². The van der Waals surface area contributed by atoms with E-state index in [1.807, 2.05) is 41.8 Å². The van der Waals surface area contributed by atoms with Crippen molar-refractivity contribution in [2.75, 3.05) is 6.79 Å². The average molecular weight is 363 g/mol. The van der Waals surface area contributed by atoms with Gasteiger partial charge in [-0.25, -0.2) is 9.97 Å². The van der Waals surface area contributed by atoms with Crippen molar-refractivity contribution in [1.82, 2.24) is 14.5 Å². The molecule has 5 rings (SSSR count). The molecule has 0 unspecified atom stereocenters. The molecule has 0 fully saturated rings. The molecule has 3 heterocycles. The lowest BCUT2D eigenvalue weighted by atomic mass is 10.2. The first kappa shape index (κ1) is 15.1. The summed E-state index contributed by atoms with van der Waals surface area (Å²) in [4.78, 5) is 21.6. The van der Waals surface area contributed by atoms with Gasteiger partial charge in [-0.3, -0.25) is 9.36 Å². The maximum Gasteiger partial charge on any atom is 0.261 e. The third kappa shape index (κ3) is 2.53. The van der Waals surface area contributed by atoms with Crippen molar-refractivity contribution in [2.24, 2.45) is 0 Å². The van der Waals surface area contributed by atoms with Gasteiger partial charge >= 0.3 is 0 Å². The molecular formula is C19H13N3O3S. The lowest BCUT2D eigenvalue weighted by molar-refractivity contribution is 0.174. The van der Waals surface area contributed by atoms with E-state index in [9.17, 15) is 4.79 Å². The van der Waals surface area contributed by atoms with E-state index in [1.54, 1.807) is 17.0 Å².